The van der Waals surface area contributed by atoms with Crippen LogP contribution in [-0.2, 0) is 15.7 Å². The third-order valence-corrected chi connectivity index (χ3v) is 5.63. The van der Waals surface area contributed by atoms with E-state index in [0.29, 0.717) is 0 Å². The maximum absolute atomic E-state index is 14.9. The Balaban J connectivity index is 1.96. The molecule has 0 aliphatic carbocycles. The van der Waals surface area contributed by atoms with Crippen molar-refractivity contribution in [1.29, 1.82) is 0 Å². The van der Waals surface area contributed by atoms with Crippen molar-refractivity contribution < 1.29 is 13.7 Å². The highest BCUT2D eigenvalue weighted by molar-refractivity contribution is 7.13. The number of H-pyrrole nitrogens is 1. The van der Waals surface area contributed by atoms with Crippen LogP contribution in [0, 0.1) is 0 Å². The number of hydrogen-bond donors (Lipinski definition) is 1. The lowest BCUT2D eigenvalue weighted by Gasteiger charge is -2.32. The summed E-state index contributed by atoms with van der Waals surface area (Å²) in [6, 6.07) is 3.93. The second kappa shape index (κ2) is 6.13. The maximum Gasteiger partial charge on any atom is 0.525 e. The molecular weight excluding hydrogens is 326 g/mol. The van der Waals surface area contributed by atoms with Crippen LogP contribution in [0.2, 0.25) is 0 Å². The number of hydrogen-bond acceptors (Lipinski definition) is 4. The van der Waals surface area contributed by atoms with Gasteiger partial charge in [0.25, 0.3) is 0 Å². The molecule has 0 saturated carbocycles. The minimum Gasteiger partial charge on any atom is -0.398 e. The van der Waals surface area contributed by atoms with Gasteiger partial charge < -0.3 is 9.31 Å². The van der Waals surface area contributed by atoms with Crippen LogP contribution in [0.15, 0.2) is 23.2 Å². The lowest BCUT2D eigenvalue weighted by Crippen LogP contribution is -2.41. The zero-order valence-electron chi connectivity index (χ0n) is 14.6. The van der Waals surface area contributed by atoms with E-state index in [1.54, 1.807) is 11.3 Å². The summed E-state index contributed by atoms with van der Waals surface area (Å²) in [5, 5.41) is 9.34. The van der Waals surface area contributed by atoms with E-state index < -0.39 is 24.0 Å². The second-order valence-corrected chi connectivity index (χ2v) is 7.86. The Hall–Kier alpha value is -1.44. The third kappa shape index (κ3) is 2.96. The van der Waals surface area contributed by atoms with Gasteiger partial charge in [-0.05, 0) is 51.6 Å². The van der Waals surface area contributed by atoms with Gasteiger partial charge in [0, 0.05) is 11.3 Å². The van der Waals surface area contributed by atoms with Gasteiger partial charge in [-0.15, -0.1) is 11.3 Å². The summed E-state index contributed by atoms with van der Waals surface area (Å²) < 4.78 is 26.4. The number of aromatic amines is 1. The first-order valence-corrected chi connectivity index (χ1v) is 8.97. The highest BCUT2D eigenvalue weighted by atomic mass is 32.1. The molecule has 1 aliphatic heterocycles. The lowest BCUT2D eigenvalue weighted by molar-refractivity contribution is 0.00578. The molecule has 2 aromatic rings. The second-order valence-electron chi connectivity index (χ2n) is 6.91. The van der Waals surface area contributed by atoms with Crippen LogP contribution in [0.25, 0.3) is 16.6 Å². The fraction of sp³-hybridized carbons (Fsp3) is 0.471. The van der Waals surface area contributed by atoms with Gasteiger partial charge in [0.15, 0.2) is 0 Å². The molecule has 0 bridgehead atoms. The highest BCUT2D eigenvalue weighted by Crippen LogP contribution is 2.39. The van der Waals surface area contributed by atoms with Crippen LogP contribution in [0.1, 0.15) is 45.9 Å². The van der Waals surface area contributed by atoms with Crippen molar-refractivity contribution in [2.75, 3.05) is 0 Å². The van der Waals surface area contributed by atoms with Crippen molar-refractivity contribution in [3.63, 3.8) is 0 Å². The zero-order valence-corrected chi connectivity index (χ0v) is 15.5. The summed E-state index contributed by atoms with van der Waals surface area (Å²) in [6.45, 7) is 9.65. The molecule has 1 N–H and O–H groups in total. The van der Waals surface area contributed by atoms with Gasteiger partial charge in [0.2, 0.25) is 0 Å². The fourth-order valence-corrected chi connectivity index (χ4v) is 3.30. The molecule has 0 aromatic carbocycles. The first kappa shape index (κ1) is 17.4. The Labute approximate surface area is 146 Å². The van der Waals surface area contributed by atoms with E-state index in [1.807, 2.05) is 52.1 Å². The summed E-state index contributed by atoms with van der Waals surface area (Å²) >= 11 is 1.58. The van der Waals surface area contributed by atoms with Gasteiger partial charge in [0.1, 0.15) is 11.4 Å². The number of nitrogens with zero attached hydrogens (tertiary/aromatic N) is 1. The molecule has 1 aliphatic rings. The van der Waals surface area contributed by atoms with Gasteiger partial charge in [-0.2, -0.15) is 5.10 Å². The average molecular weight is 348 g/mol. The number of aryl methyl sites for hydroxylation is 1. The van der Waals surface area contributed by atoms with Crippen molar-refractivity contribution in [3.05, 3.63) is 34.5 Å². The maximum atomic E-state index is 14.9. The number of nitrogens with one attached hydrogen (secondary N) is 1. The van der Waals surface area contributed by atoms with E-state index in [0.717, 1.165) is 28.2 Å². The minimum atomic E-state index is -0.995. The van der Waals surface area contributed by atoms with E-state index in [1.165, 1.54) is 6.08 Å². The van der Waals surface area contributed by atoms with Crippen molar-refractivity contribution in [1.82, 2.24) is 10.2 Å². The Morgan fingerprint density at radius 1 is 1.33 bits per heavy atom. The molecular formula is C17H22BFN2O2S. The highest BCUT2D eigenvalue weighted by Gasteiger charge is 2.53. The minimum absolute atomic E-state index is 0.442. The molecule has 4 nitrogen and oxygen atoms in total. The van der Waals surface area contributed by atoms with Gasteiger partial charge in [-0.1, -0.05) is 13.0 Å². The van der Waals surface area contributed by atoms with Gasteiger partial charge in [0.05, 0.1) is 16.1 Å². The standard InChI is InChI=1S/C17H22BFN2O2S/c1-6-12-11(15(21-20-12)13-8-7-9-24-13)10-14(19)18-22-16(2,3)17(4,5)23-18/h7-10H,6H2,1-5H3,(H,20,21). The molecule has 3 heterocycles. The summed E-state index contributed by atoms with van der Waals surface area (Å²) in [4.78, 5) is 0.999. The first-order chi connectivity index (χ1) is 11.2. The normalized spacial score (nSPS) is 19.9. The first-order valence-electron chi connectivity index (χ1n) is 8.09. The topological polar surface area (TPSA) is 47.1 Å². The van der Waals surface area contributed by atoms with Crippen LogP contribution < -0.4 is 0 Å². The summed E-state index contributed by atoms with van der Waals surface area (Å²) in [7, 11) is -0.995. The van der Waals surface area contributed by atoms with E-state index in [-0.39, 0.29) is 0 Å². The van der Waals surface area contributed by atoms with Crippen molar-refractivity contribution >= 4 is 24.5 Å². The van der Waals surface area contributed by atoms with Crippen LogP contribution in [0.4, 0.5) is 4.39 Å². The summed E-state index contributed by atoms with van der Waals surface area (Å²) in [5.74, 6) is 0. The zero-order chi connectivity index (χ0) is 17.5. The molecule has 0 amide bonds. The molecule has 0 atom stereocenters. The molecule has 3 rings (SSSR count). The van der Waals surface area contributed by atoms with Gasteiger partial charge >= 0.3 is 7.12 Å². The smallest absolute Gasteiger partial charge is 0.398 e. The van der Waals surface area contributed by atoms with E-state index >= 15 is 0 Å². The summed E-state index contributed by atoms with van der Waals surface area (Å²) in [5.41, 5.74) is 0.834. The van der Waals surface area contributed by atoms with Gasteiger partial charge in [-0.3, -0.25) is 5.10 Å². The predicted octanol–water partition coefficient (Wildman–Crippen LogP) is 4.64. The Morgan fingerprint density at radius 2 is 2.00 bits per heavy atom. The third-order valence-electron chi connectivity index (χ3n) is 4.75. The van der Waals surface area contributed by atoms with E-state index in [9.17, 15) is 4.39 Å². The predicted molar refractivity (Wildman–Crippen MR) is 96.4 cm³/mol. The number of thiophene rings is 1. The van der Waals surface area contributed by atoms with E-state index in [2.05, 4.69) is 10.2 Å². The van der Waals surface area contributed by atoms with Crippen molar-refractivity contribution in [3.8, 4) is 10.6 Å². The molecule has 2 aromatic heterocycles. The van der Waals surface area contributed by atoms with Crippen LogP contribution in [-0.4, -0.2) is 28.5 Å². The lowest BCUT2D eigenvalue weighted by atomic mass is 9.86. The monoisotopic (exact) mass is 348 g/mol. The van der Waals surface area contributed by atoms with Gasteiger partial charge in [-0.25, -0.2) is 4.39 Å². The average Bonchev–Trinajstić information content (AvgIpc) is 3.18. The molecule has 128 valence electrons. The molecule has 24 heavy (non-hydrogen) atoms. The van der Waals surface area contributed by atoms with Crippen LogP contribution in [0.5, 0.6) is 0 Å². The number of halogens is 1. The quantitative estimate of drug-likeness (QED) is 0.819. The van der Waals surface area contributed by atoms with Crippen LogP contribution in [0.3, 0.4) is 0 Å². The summed E-state index contributed by atoms with van der Waals surface area (Å²) in [6.07, 6.45) is 2.22. The van der Waals surface area contributed by atoms with Crippen LogP contribution >= 0.6 is 11.3 Å². The van der Waals surface area contributed by atoms with Crippen molar-refractivity contribution in [2.24, 2.45) is 0 Å². The molecule has 0 unspecified atom stereocenters. The molecule has 7 heteroatoms. The van der Waals surface area contributed by atoms with Crippen molar-refractivity contribution in [2.45, 2.75) is 52.2 Å². The molecule has 1 saturated heterocycles. The fourth-order valence-electron chi connectivity index (χ4n) is 2.57. The Morgan fingerprint density at radius 3 is 2.54 bits per heavy atom. The Bertz CT molecular complexity index is 737. The number of rotatable bonds is 4. The molecule has 1 fully saturated rings. The number of aromatic nitrogens is 2. The molecule has 0 spiro atoms. The Kier molecular flexibility index (Phi) is 4.44. The molecule has 0 radical (unpaired) electrons. The largest absolute Gasteiger partial charge is 0.525 e. The van der Waals surface area contributed by atoms with E-state index in [4.69, 9.17) is 9.31 Å². The SMILES string of the molecule is CCc1[nH]nc(-c2cccs2)c1C=C(F)B1OC(C)(C)C(C)(C)O1.